The first-order valence-corrected chi connectivity index (χ1v) is 6.28. The van der Waals surface area contributed by atoms with E-state index in [1.54, 1.807) is 0 Å². The molecule has 4 N–H and O–H groups in total. The Kier molecular flexibility index (Phi) is 4.17. The lowest BCUT2D eigenvalue weighted by molar-refractivity contribution is -0.138. The van der Waals surface area contributed by atoms with E-state index < -0.39 is 30.0 Å². The van der Waals surface area contributed by atoms with Gasteiger partial charge in [0.25, 0.3) is 0 Å². The maximum Gasteiger partial charge on any atom is 0.416 e. The van der Waals surface area contributed by atoms with Crippen LogP contribution in [-0.2, 0) is 17.4 Å². The zero-order valence-electron chi connectivity index (χ0n) is 11.0. The lowest BCUT2D eigenvalue weighted by Gasteiger charge is -2.28. The third kappa shape index (κ3) is 3.52. The maximum atomic E-state index is 13.0. The summed E-state index contributed by atoms with van der Waals surface area (Å²) in [5.74, 6) is -1.56. The van der Waals surface area contributed by atoms with E-state index in [2.05, 4.69) is 10.6 Å². The number of alkyl halides is 3. The molecule has 1 saturated heterocycles. The Bertz CT molecular complexity index is 568. The second kappa shape index (κ2) is 5.72. The second-order valence-corrected chi connectivity index (χ2v) is 4.79. The molecule has 1 heterocycles. The minimum absolute atomic E-state index is 0.0902. The summed E-state index contributed by atoms with van der Waals surface area (Å²) in [5.41, 5.74) is 3.41. The summed E-state index contributed by atoms with van der Waals surface area (Å²) in [4.78, 5) is 23.1. The first-order chi connectivity index (χ1) is 9.79. The first-order valence-electron chi connectivity index (χ1n) is 6.28. The highest BCUT2D eigenvalue weighted by Gasteiger charge is 2.35. The van der Waals surface area contributed by atoms with Crippen molar-refractivity contribution >= 4 is 11.8 Å². The van der Waals surface area contributed by atoms with E-state index in [0.29, 0.717) is 13.1 Å². The molecular formula is C13H14F3N3O2. The average molecular weight is 301 g/mol. The predicted octanol–water partition coefficient (Wildman–Crippen LogP) is 0.435. The van der Waals surface area contributed by atoms with Gasteiger partial charge >= 0.3 is 6.18 Å². The lowest BCUT2D eigenvalue weighted by Crippen LogP contribution is -2.57. The Morgan fingerprint density at radius 1 is 1.33 bits per heavy atom. The summed E-state index contributed by atoms with van der Waals surface area (Å²) >= 11 is 0. The molecule has 1 aromatic rings. The molecule has 8 heteroatoms. The number of nitrogens with two attached hydrogens (primary N) is 1. The highest BCUT2D eigenvalue weighted by atomic mass is 19.4. The van der Waals surface area contributed by atoms with Gasteiger partial charge in [0.05, 0.1) is 18.0 Å². The first kappa shape index (κ1) is 15.3. The molecule has 0 bridgehead atoms. The number of carbonyl (C=O) groups is 2. The van der Waals surface area contributed by atoms with E-state index in [4.69, 9.17) is 5.73 Å². The molecule has 114 valence electrons. The highest BCUT2D eigenvalue weighted by Crippen LogP contribution is 2.33. The zero-order valence-corrected chi connectivity index (χ0v) is 11.0. The van der Waals surface area contributed by atoms with Crippen LogP contribution in [0.5, 0.6) is 0 Å². The predicted molar refractivity (Wildman–Crippen MR) is 68.5 cm³/mol. The van der Waals surface area contributed by atoms with Crippen molar-refractivity contribution in [1.82, 2.24) is 10.6 Å². The van der Waals surface area contributed by atoms with Gasteiger partial charge in [0.15, 0.2) is 0 Å². The molecule has 1 aromatic carbocycles. The van der Waals surface area contributed by atoms with Crippen molar-refractivity contribution in [2.24, 2.45) is 5.73 Å². The van der Waals surface area contributed by atoms with E-state index in [-0.39, 0.29) is 17.2 Å². The van der Waals surface area contributed by atoms with E-state index >= 15 is 0 Å². The smallest absolute Gasteiger partial charge is 0.366 e. The SMILES string of the molecule is NC(=O)c1cccc(C(F)(F)F)c1CC(=O)NC1CNC1. The molecule has 5 nitrogen and oxygen atoms in total. The molecule has 2 rings (SSSR count). The molecule has 0 radical (unpaired) electrons. The van der Waals surface area contributed by atoms with Crippen LogP contribution < -0.4 is 16.4 Å². The fourth-order valence-electron chi connectivity index (χ4n) is 2.10. The van der Waals surface area contributed by atoms with Crippen LogP contribution in [0, 0.1) is 0 Å². The Balaban J connectivity index is 2.29. The third-order valence-electron chi connectivity index (χ3n) is 3.23. The van der Waals surface area contributed by atoms with Gasteiger partial charge in [0.2, 0.25) is 11.8 Å². The molecule has 0 saturated carbocycles. The van der Waals surface area contributed by atoms with Crippen molar-refractivity contribution in [3.05, 3.63) is 34.9 Å². The van der Waals surface area contributed by atoms with E-state index in [1.165, 1.54) is 6.07 Å². The molecule has 1 aliphatic rings. The number of hydrogen-bond donors (Lipinski definition) is 3. The summed E-state index contributed by atoms with van der Waals surface area (Å²) < 4.78 is 39.0. The van der Waals surface area contributed by atoms with Crippen molar-refractivity contribution < 1.29 is 22.8 Å². The molecule has 0 aliphatic carbocycles. The van der Waals surface area contributed by atoms with Gasteiger partial charge in [-0.05, 0) is 17.7 Å². The standard InChI is InChI=1S/C13H14F3N3O2/c14-13(15,16)10-3-1-2-8(12(17)21)9(10)4-11(20)19-7-5-18-6-7/h1-3,7,18H,4-6H2,(H2,17,21)(H,19,20). The second-order valence-electron chi connectivity index (χ2n) is 4.79. The molecule has 0 spiro atoms. The number of hydrogen-bond acceptors (Lipinski definition) is 3. The number of halogens is 3. The van der Waals surface area contributed by atoms with Crippen molar-refractivity contribution in [1.29, 1.82) is 0 Å². The normalized spacial score (nSPS) is 15.4. The van der Waals surface area contributed by atoms with Crippen LogP contribution in [0.15, 0.2) is 18.2 Å². The largest absolute Gasteiger partial charge is 0.416 e. The summed E-state index contributed by atoms with van der Waals surface area (Å²) in [7, 11) is 0. The van der Waals surface area contributed by atoms with Crippen LogP contribution in [0.4, 0.5) is 13.2 Å². The van der Waals surface area contributed by atoms with Crippen LogP contribution >= 0.6 is 0 Å². The number of amides is 2. The van der Waals surface area contributed by atoms with Crippen molar-refractivity contribution in [2.45, 2.75) is 18.6 Å². The van der Waals surface area contributed by atoms with Crippen LogP contribution in [0.25, 0.3) is 0 Å². The summed E-state index contributed by atoms with van der Waals surface area (Å²) in [5, 5.41) is 5.52. The third-order valence-corrected chi connectivity index (χ3v) is 3.23. The highest BCUT2D eigenvalue weighted by molar-refractivity contribution is 5.96. The molecule has 1 aliphatic heterocycles. The van der Waals surface area contributed by atoms with Gasteiger partial charge in [-0.2, -0.15) is 13.2 Å². The fraction of sp³-hybridized carbons (Fsp3) is 0.385. The molecule has 2 amide bonds. The zero-order chi connectivity index (χ0) is 15.6. The van der Waals surface area contributed by atoms with Gasteiger partial charge in [-0.3, -0.25) is 9.59 Å². The van der Waals surface area contributed by atoms with Crippen molar-refractivity contribution in [3.8, 4) is 0 Å². The number of nitrogens with one attached hydrogen (secondary N) is 2. The van der Waals surface area contributed by atoms with Gasteiger partial charge in [0.1, 0.15) is 0 Å². The lowest BCUT2D eigenvalue weighted by atomic mass is 9.96. The van der Waals surface area contributed by atoms with E-state index in [0.717, 1.165) is 12.1 Å². The molecule has 0 unspecified atom stereocenters. The van der Waals surface area contributed by atoms with Gasteiger partial charge in [0, 0.05) is 18.7 Å². The van der Waals surface area contributed by atoms with Gasteiger partial charge in [-0.25, -0.2) is 0 Å². The van der Waals surface area contributed by atoms with Crippen molar-refractivity contribution in [3.63, 3.8) is 0 Å². The maximum absolute atomic E-state index is 13.0. The Morgan fingerprint density at radius 3 is 2.48 bits per heavy atom. The molecule has 1 fully saturated rings. The molecule has 0 aromatic heterocycles. The average Bonchev–Trinajstić information content (AvgIpc) is 2.32. The monoisotopic (exact) mass is 301 g/mol. The molecule has 21 heavy (non-hydrogen) atoms. The van der Waals surface area contributed by atoms with Crippen LogP contribution in [0.3, 0.4) is 0 Å². The summed E-state index contributed by atoms with van der Waals surface area (Å²) in [6.45, 7) is 1.16. The van der Waals surface area contributed by atoms with Crippen LogP contribution in [0.1, 0.15) is 21.5 Å². The number of benzene rings is 1. The quantitative estimate of drug-likeness (QED) is 0.754. The number of primary amides is 1. The summed E-state index contributed by atoms with van der Waals surface area (Å²) in [6, 6.07) is 3.03. The van der Waals surface area contributed by atoms with E-state index in [1.807, 2.05) is 0 Å². The molecular weight excluding hydrogens is 287 g/mol. The van der Waals surface area contributed by atoms with Crippen LogP contribution in [0.2, 0.25) is 0 Å². The van der Waals surface area contributed by atoms with Gasteiger partial charge in [-0.1, -0.05) is 6.07 Å². The van der Waals surface area contributed by atoms with Gasteiger partial charge < -0.3 is 16.4 Å². The van der Waals surface area contributed by atoms with Gasteiger partial charge in [-0.15, -0.1) is 0 Å². The Labute approximate surface area is 118 Å². The topological polar surface area (TPSA) is 84.2 Å². The number of carbonyl (C=O) groups excluding carboxylic acids is 2. The minimum Gasteiger partial charge on any atom is -0.366 e. The van der Waals surface area contributed by atoms with Crippen molar-refractivity contribution in [2.75, 3.05) is 13.1 Å². The Morgan fingerprint density at radius 2 is 2.00 bits per heavy atom. The minimum atomic E-state index is -4.65. The molecule has 0 atom stereocenters. The fourth-order valence-corrected chi connectivity index (χ4v) is 2.10. The Hall–Kier alpha value is -2.09. The summed E-state index contributed by atoms with van der Waals surface area (Å²) in [6.07, 6.45) is -5.19. The van der Waals surface area contributed by atoms with E-state index in [9.17, 15) is 22.8 Å². The van der Waals surface area contributed by atoms with Crippen LogP contribution in [-0.4, -0.2) is 30.9 Å². The number of rotatable bonds is 4.